The highest BCUT2D eigenvalue weighted by Gasteiger charge is 2.22. The summed E-state index contributed by atoms with van der Waals surface area (Å²) in [4.78, 5) is 13.2. The number of aromatic nitrogens is 2. The SMILES string of the molecule is CCCn1nccc1CNC1CCC(=O)N(C)C1. The highest BCUT2D eigenvalue weighted by atomic mass is 16.2. The van der Waals surface area contributed by atoms with Crippen LogP contribution >= 0.6 is 0 Å². The fraction of sp³-hybridized carbons (Fsp3) is 0.692. The molecule has 1 atom stereocenters. The molecule has 1 aliphatic heterocycles. The molecule has 1 aromatic rings. The van der Waals surface area contributed by atoms with E-state index in [9.17, 15) is 4.79 Å². The summed E-state index contributed by atoms with van der Waals surface area (Å²) in [5.41, 5.74) is 1.22. The molecule has 1 amide bonds. The van der Waals surface area contributed by atoms with Gasteiger partial charge in [0, 0.05) is 45.3 Å². The molecule has 18 heavy (non-hydrogen) atoms. The summed E-state index contributed by atoms with van der Waals surface area (Å²) < 4.78 is 2.05. The minimum absolute atomic E-state index is 0.254. The predicted molar refractivity (Wildman–Crippen MR) is 70.0 cm³/mol. The van der Waals surface area contributed by atoms with Gasteiger partial charge in [0.1, 0.15) is 0 Å². The van der Waals surface area contributed by atoms with E-state index in [1.165, 1.54) is 5.69 Å². The Hall–Kier alpha value is -1.36. The van der Waals surface area contributed by atoms with Crippen LogP contribution in [0.1, 0.15) is 31.9 Å². The maximum Gasteiger partial charge on any atom is 0.222 e. The van der Waals surface area contributed by atoms with Crippen LogP contribution in [0, 0.1) is 0 Å². The van der Waals surface area contributed by atoms with Crippen molar-refractivity contribution in [1.82, 2.24) is 20.0 Å². The molecule has 0 bridgehead atoms. The van der Waals surface area contributed by atoms with Gasteiger partial charge in [-0.1, -0.05) is 6.92 Å². The third kappa shape index (κ3) is 3.10. The van der Waals surface area contributed by atoms with E-state index in [1.807, 2.05) is 22.8 Å². The topological polar surface area (TPSA) is 50.2 Å². The van der Waals surface area contributed by atoms with Gasteiger partial charge in [0.15, 0.2) is 0 Å². The number of hydrogen-bond acceptors (Lipinski definition) is 3. The zero-order valence-corrected chi connectivity index (χ0v) is 11.2. The molecule has 100 valence electrons. The van der Waals surface area contributed by atoms with Crippen molar-refractivity contribution in [2.75, 3.05) is 13.6 Å². The van der Waals surface area contributed by atoms with E-state index in [2.05, 4.69) is 23.4 Å². The number of rotatable bonds is 5. The fourth-order valence-corrected chi connectivity index (χ4v) is 2.35. The number of carbonyl (C=O) groups is 1. The number of hydrogen-bond donors (Lipinski definition) is 1. The van der Waals surface area contributed by atoms with Gasteiger partial charge in [0.2, 0.25) is 5.91 Å². The molecule has 0 aliphatic carbocycles. The second-order valence-corrected chi connectivity index (χ2v) is 4.94. The molecular weight excluding hydrogens is 228 g/mol. The van der Waals surface area contributed by atoms with E-state index in [0.717, 1.165) is 32.5 Å². The molecule has 1 N–H and O–H groups in total. The van der Waals surface area contributed by atoms with Crippen molar-refractivity contribution < 1.29 is 4.79 Å². The second kappa shape index (κ2) is 6.00. The molecule has 0 aromatic carbocycles. The molecule has 1 saturated heterocycles. The average Bonchev–Trinajstić information content (AvgIpc) is 2.79. The zero-order chi connectivity index (χ0) is 13.0. The van der Waals surface area contributed by atoms with Gasteiger partial charge in [0.05, 0.1) is 5.69 Å². The highest BCUT2D eigenvalue weighted by Crippen LogP contribution is 2.10. The Kier molecular flexibility index (Phi) is 4.36. The summed E-state index contributed by atoms with van der Waals surface area (Å²) in [6, 6.07) is 2.46. The molecule has 1 aromatic heterocycles. The lowest BCUT2D eigenvalue weighted by Crippen LogP contribution is -2.46. The maximum absolute atomic E-state index is 11.4. The van der Waals surface area contributed by atoms with Crippen LogP contribution in [0.2, 0.25) is 0 Å². The second-order valence-electron chi connectivity index (χ2n) is 4.94. The third-order valence-electron chi connectivity index (χ3n) is 3.44. The first kappa shape index (κ1) is 13.1. The van der Waals surface area contributed by atoms with Crippen molar-refractivity contribution >= 4 is 5.91 Å². The smallest absolute Gasteiger partial charge is 0.222 e. The van der Waals surface area contributed by atoms with Crippen LogP contribution in [-0.2, 0) is 17.9 Å². The molecule has 5 nitrogen and oxygen atoms in total. The standard InChI is InChI=1S/C13H22N4O/c1-3-8-17-12(6-7-15-17)9-14-11-4-5-13(18)16(2)10-11/h6-7,11,14H,3-5,8-10H2,1-2H3. The summed E-state index contributed by atoms with van der Waals surface area (Å²) in [7, 11) is 1.87. The summed E-state index contributed by atoms with van der Waals surface area (Å²) in [5, 5.41) is 7.83. The van der Waals surface area contributed by atoms with Crippen LogP contribution in [0.4, 0.5) is 0 Å². The van der Waals surface area contributed by atoms with Crippen LogP contribution in [0.5, 0.6) is 0 Å². The Bertz CT molecular complexity index is 401. The minimum atomic E-state index is 0.254. The maximum atomic E-state index is 11.4. The van der Waals surface area contributed by atoms with Crippen LogP contribution in [0.3, 0.4) is 0 Å². The molecule has 0 saturated carbocycles. The normalized spacial score (nSPS) is 20.4. The molecule has 0 radical (unpaired) electrons. The Labute approximate surface area is 108 Å². The van der Waals surface area contributed by atoms with Crippen molar-refractivity contribution in [2.45, 2.75) is 45.3 Å². The minimum Gasteiger partial charge on any atom is -0.344 e. The van der Waals surface area contributed by atoms with Gasteiger partial charge in [-0.3, -0.25) is 9.48 Å². The van der Waals surface area contributed by atoms with E-state index in [1.54, 1.807) is 0 Å². The number of likely N-dealkylation sites (tertiary alicyclic amines) is 1. The van der Waals surface area contributed by atoms with Gasteiger partial charge < -0.3 is 10.2 Å². The van der Waals surface area contributed by atoms with E-state index >= 15 is 0 Å². The van der Waals surface area contributed by atoms with Crippen molar-refractivity contribution in [2.24, 2.45) is 0 Å². The molecule has 1 fully saturated rings. The summed E-state index contributed by atoms with van der Waals surface area (Å²) in [6.07, 6.45) is 4.53. The first-order valence-corrected chi connectivity index (χ1v) is 6.68. The number of amides is 1. The molecular formula is C13H22N4O. The summed E-state index contributed by atoms with van der Waals surface area (Å²) in [6.45, 7) is 4.75. The first-order chi connectivity index (χ1) is 8.70. The van der Waals surface area contributed by atoms with Gasteiger partial charge in [-0.2, -0.15) is 5.10 Å². The quantitative estimate of drug-likeness (QED) is 0.848. The van der Waals surface area contributed by atoms with Gasteiger partial charge in [-0.05, 0) is 18.9 Å². The van der Waals surface area contributed by atoms with Crippen molar-refractivity contribution in [1.29, 1.82) is 0 Å². The monoisotopic (exact) mass is 250 g/mol. The van der Waals surface area contributed by atoms with E-state index in [0.29, 0.717) is 12.5 Å². The number of aryl methyl sites for hydroxylation is 1. The lowest BCUT2D eigenvalue weighted by Gasteiger charge is -2.30. The molecule has 5 heteroatoms. The van der Waals surface area contributed by atoms with Crippen molar-refractivity contribution in [3.05, 3.63) is 18.0 Å². The molecule has 2 heterocycles. The molecule has 2 rings (SSSR count). The van der Waals surface area contributed by atoms with E-state index < -0.39 is 0 Å². The summed E-state index contributed by atoms with van der Waals surface area (Å²) >= 11 is 0. The number of nitrogens with zero attached hydrogens (tertiary/aromatic N) is 3. The Morgan fingerprint density at radius 2 is 2.39 bits per heavy atom. The Morgan fingerprint density at radius 1 is 1.56 bits per heavy atom. The largest absolute Gasteiger partial charge is 0.344 e. The zero-order valence-electron chi connectivity index (χ0n) is 11.2. The Balaban J connectivity index is 1.84. The highest BCUT2D eigenvalue weighted by molar-refractivity contribution is 5.76. The van der Waals surface area contributed by atoms with Crippen LogP contribution in [0.25, 0.3) is 0 Å². The lowest BCUT2D eigenvalue weighted by atomic mass is 10.1. The third-order valence-corrected chi connectivity index (χ3v) is 3.44. The fourth-order valence-electron chi connectivity index (χ4n) is 2.35. The predicted octanol–water partition coefficient (Wildman–Crippen LogP) is 1.00. The van der Waals surface area contributed by atoms with Crippen molar-refractivity contribution in [3.8, 4) is 0 Å². The number of carbonyl (C=O) groups excluding carboxylic acids is 1. The number of likely N-dealkylation sites (N-methyl/N-ethyl adjacent to an activating group) is 1. The first-order valence-electron chi connectivity index (χ1n) is 6.68. The van der Waals surface area contributed by atoms with Crippen LogP contribution in [-0.4, -0.2) is 40.2 Å². The van der Waals surface area contributed by atoms with Crippen LogP contribution in [0.15, 0.2) is 12.3 Å². The van der Waals surface area contributed by atoms with Gasteiger partial charge in [-0.25, -0.2) is 0 Å². The van der Waals surface area contributed by atoms with E-state index in [-0.39, 0.29) is 5.91 Å². The van der Waals surface area contributed by atoms with E-state index in [4.69, 9.17) is 0 Å². The number of nitrogens with one attached hydrogen (secondary N) is 1. The van der Waals surface area contributed by atoms with Crippen molar-refractivity contribution in [3.63, 3.8) is 0 Å². The molecule has 1 unspecified atom stereocenters. The number of piperidine rings is 1. The van der Waals surface area contributed by atoms with Gasteiger partial charge >= 0.3 is 0 Å². The van der Waals surface area contributed by atoms with Gasteiger partial charge in [0.25, 0.3) is 0 Å². The van der Waals surface area contributed by atoms with Gasteiger partial charge in [-0.15, -0.1) is 0 Å². The molecule has 1 aliphatic rings. The average molecular weight is 250 g/mol. The molecule has 0 spiro atoms. The Morgan fingerprint density at radius 3 is 3.11 bits per heavy atom. The summed E-state index contributed by atoms with van der Waals surface area (Å²) in [5.74, 6) is 0.254. The van der Waals surface area contributed by atoms with Crippen LogP contribution < -0.4 is 5.32 Å². The lowest BCUT2D eigenvalue weighted by molar-refractivity contribution is -0.132.